The molecule has 0 heterocycles. The first-order valence-electron chi connectivity index (χ1n) is 4.73. The van der Waals surface area contributed by atoms with E-state index in [0.29, 0.717) is 6.54 Å². The molecule has 16 heavy (non-hydrogen) atoms. The van der Waals surface area contributed by atoms with Gasteiger partial charge < -0.3 is 10.6 Å². The molecule has 0 aliphatic carbocycles. The molecule has 1 rings (SSSR count). The molecule has 0 fully saturated rings. The van der Waals surface area contributed by atoms with Crippen LogP contribution in [0.25, 0.3) is 0 Å². The van der Waals surface area contributed by atoms with Crippen LogP contribution in [0.1, 0.15) is 16.8 Å². The number of halogens is 1. The van der Waals surface area contributed by atoms with Crippen molar-refractivity contribution in [3.63, 3.8) is 0 Å². The van der Waals surface area contributed by atoms with E-state index in [4.69, 9.17) is 11.0 Å². The average Bonchev–Trinajstić information content (AvgIpc) is 2.28. The number of hydrogen-bond donors (Lipinski definition) is 1. The van der Waals surface area contributed by atoms with Gasteiger partial charge in [-0.15, -0.1) is 0 Å². The van der Waals surface area contributed by atoms with Crippen molar-refractivity contribution in [3.8, 4) is 6.07 Å². The predicted molar refractivity (Wildman–Crippen MR) is 58.0 cm³/mol. The normalized spacial score (nSPS) is 9.56. The van der Waals surface area contributed by atoms with Crippen molar-refractivity contribution in [2.75, 3.05) is 19.3 Å². The molecule has 0 atom stereocenters. The fourth-order valence-electron chi connectivity index (χ4n) is 1.24. The summed E-state index contributed by atoms with van der Waals surface area (Å²) in [5.41, 5.74) is 5.93. The zero-order chi connectivity index (χ0) is 12.1. The number of carbonyl (C=O) groups excluding carboxylic acids is 1. The summed E-state index contributed by atoms with van der Waals surface area (Å²) < 4.78 is 12.9. The van der Waals surface area contributed by atoms with Crippen LogP contribution in [0.2, 0.25) is 0 Å². The molecule has 0 spiro atoms. The second-order valence-electron chi connectivity index (χ2n) is 3.37. The smallest absolute Gasteiger partial charge is 0.255 e. The highest BCUT2D eigenvalue weighted by Crippen LogP contribution is 2.15. The van der Waals surface area contributed by atoms with Crippen LogP contribution in [0, 0.1) is 17.1 Å². The molecule has 0 unspecified atom stereocenters. The molecule has 0 radical (unpaired) electrons. The van der Waals surface area contributed by atoms with Crippen LogP contribution in [0.15, 0.2) is 18.2 Å². The lowest BCUT2D eigenvalue weighted by atomic mass is 10.1. The van der Waals surface area contributed by atoms with Gasteiger partial charge in [0, 0.05) is 19.3 Å². The summed E-state index contributed by atoms with van der Waals surface area (Å²) >= 11 is 0. The second-order valence-corrected chi connectivity index (χ2v) is 3.37. The number of hydrogen-bond acceptors (Lipinski definition) is 3. The van der Waals surface area contributed by atoms with Gasteiger partial charge in [0.2, 0.25) is 0 Å². The van der Waals surface area contributed by atoms with Crippen LogP contribution in [0.4, 0.5) is 10.1 Å². The molecule has 2 N–H and O–H groups in total. The Morgan fingerprint density at radius 2 is 2.31 bits per heavy atom. The highest BCUT2D eigenvalue weighted by molar-refractivity contribution is 5.98. The number of nitrogens with zero attached hydrogens (tertiary/aromatic N) is 2. The molecule has 1 amide bonds. The maximum absolute atomic E-state index is 12.9. The Hall–Kier alpha value is -2.09. The van der Waals surface area contributed by atoms with Crippen LogP contribution in [-0.2, 0) is 0 Å². The van der Waals surface area contributed by atoms with Crippen molar-refractivity contribution in [2.24, 2.45) is 0 Å². The first-order chi connectivity index (χ1) is 7.56. The van der Waals surface area contributed by atoms with E-state index in [0.717, 1.165) is 6.07 Å². The van der Waals surface area contributed by atoms with Gasteiger partial charge in [-0.25, -0.2) is 4.39 Å². The molecular formula is C11H12FN3O. The zero-order valence-electron chi connectivity index (χ0n) is 8.90. The SMILES string of the molecule is CN(CCC#N)C(=O)c1cc(F)ccc1N. The molecule has 4 nitrogen and oxygen atoms in total. The summed E-state index contributed by atoms with van der Waals surface area (Å²) in [6.07, 6.45) is 0.234. The van der Waals surface area contributed by atoms with Gasteiger partial charge >= 0.3 is 0 Å². The number of benzene rings is 1. The van der Waals surface area contributed by atoms with Gasteiger partial charge in [-0.1, -0.05) is 0 Å². The highest BCUT2D eigenvalue weighted by Gasteiger charge is 2.14. The number of amides is 1. The van der Waals surface area contributed by atoms with Crippen LogP contribution >= 0.6 is 0 Å². The maximum Gasteiger partial charge on any atom is 0.255 e. The van der Waals surface area contributed by atoms with Crippen molar-refractivity contribution < 1.29 is 9.18 Å². The van der Waals surface area contributed by atoms with Crippen molar-refractivity contribution in [1.82, 2.24) is 4.90 Å². The molecule has 0 aliphatic heterocycles. The Balaban J connectivity index is 2.88. The van der Waals surface area contributed by atoms with Crippen LogP contribution in [0.3, 0.4) is 0 Å². The van der Waals surface area contributed by atoms with Gasteiger partial charge in [-0.2, -0.15) is 5.26 Å². The van der Waals surface area contributed by atoms with Crippen LogP contribution in [0.5, 0.6) is 0 Å². The van der Waals surface area contributed by atoms with Crippen molar-refractivity contribution in [3.05, 3.63) is 29.6 Å². The third-order valence-corrected chi connectivity index (χ3v) is 2.15. The van der Waals surface area contributed by atoms with Crippen LogP contribution < -0.4 is 5.73 Å². The number of carbonyl (C=O) groups is 1. The molecule has 84 valence electrons. The number of nitriles is 1. The quantitative estimate of drug-likeness (QED) is 0.784. The minimum atomic E-state index is -0.508. The van der Waals surface area contributed by atoms with Gasteiger partial charge in [0.05, 0.1) is 18.1 Å². The minimum absolute atomic E-state index is 0.125. The highest BCUT2D eigenvalue weighted by atomic mass is 19.1. The van der Waals surface area contributed by atoms with Crippen molar-refractivity contribution >= 4 is 11.6 Å². The van der Waals surface area contributed by atoms with Crippen molar-refractivity contribution in [1.29, 1.82) is 5.26 Å². The lowest BCUT2D eigenvalue weighted by Crippen LogP contribution is -2.28. The van der Waals surface area contributed by atoms with Gasteiger partial charge in [0.25, 0.3) is 5.91 Å². The van der Waals surface area contributed by atoms with Crippen LogP contribution in [-0.4, -0.2) is 24.4 Å². The second kappa shape index (κ2) is 5.12. The van der Waals surface area contributed by atoms with E-state index >= 15 is 0 Å². The summed E-state index contributed by atoms with van der Waals surface area (Å²) in [6.45, 7) is 0.297. The molecule has 0 saturated heterocycles. The topological polar surface area (TPSA) is 70.1 Å². The fraction of sp³-hybridized carbons (Fsp3) is 0.273. The monoisotopic (exact) mass is 221 g/mol. The molecule has 0 saturated carbocycles. The molecule has 0 aromatic heterocycles. The van der Waals surface area contributed by atoms with E-state index in [9.17, 15) is 9.18 Å². The summed E-state index contributed by atoms with van der Waals surface area (Å²) in [5.74, 6) is -0.890. The lowest BCUT2D eigenvalue weighted by Gasteiger charge is -2.16. The Bertz CT molecular complexity index is 439. The minimum Gasteiger partial charge on any atom is -0.398 e. The Morgan fingerprint density at radius 1 is 1.62 bits per heavy atom. The standard InChI is InChI=1S/C11H12FN3O/c1-15(6-2-5-13)11(16)9-7-8(12)3-4-10(9)14/h3-4,7H,2,6,14H2,1H3. The largest absolute Gasteiger partial charge is 0.398 e. The molecule has 1 aromatic carbocycles. The molecule has 1 aromatic rings. The van der Waals surface area contributed by atoms with E-state index in [1.165, 1.54) is 17.0 Å². The van der Waals surface area contributed by atoms with E-state index < -0.39 is 5.82 Å². The maximum atomic E-state index is 12.9. The summed E-state index contributed by atoms with van der Waals surface area (Å²) in [4.78, 5) is 13.1. The number of anilines is 1. The molecular weight excluding hydrogens is 209 g/mol. The van der Waals surface area contributed by atoms with E-state index in [1.807, 2.05) is 6.07 Å². The Labute approximate surface area is 93.1 Å². The van der Waals surface area contributed by atoms with Gasteiger partial charge in [-0.3, -0.25) is 4.79 Å². The summed E-state index contributed by atoms with van der Waals surface area (Å²) in [7, 11) is 1.55. The third kappa shape index (κ3) is 2.70. The average molecular weight is 221 g/mol. The Kier molecular flexibility index (Phi) is 3.84. The molecule has 5 heteroatoms. The lowest BCUT2D eigenvalue weighted by molar-refractivity contribution is 0.0798. The first kappa shape index (κ1) is 12.0. The summed E-state index contributed by atoms with van der Waals surface area (Å²) in [6, 6.07) is 5.57. The van der Waals surface area contributed by atoms with E-state index in [2.05, 4.69) is 0 Å². The predicted octanol–water partition coefficient (Wildman–Crippen LogP) is 1.39. The molecule has 0 aliphatic rings. The number of rotatable bonds is 3. The van der Waals surface area contributed by atoms with Crippen molar-refractivity contribution in [2.45, 2.75) is 6.42 Å². The van der Waals surface area contributed by atoms with Gasteiger partial charge in [0.15, 0.2) is 0 Å². The van der Waals surface area contributed by atoms with Gasteiger partial charge in [-0.05, 0) is 18.2 Å². The van der Waals surface area contributed by atoms with Gasteiger partial charge in [0.1, 0.15) is 5.82 Å². The molecule has 0 bridgehead atoms. The zero-order valence-corrected chi connectivity index (χ0v) is 8.90. The fourth-order valence-corrected chi connectivity index (χ4v) is 1.24. The third-order valence-electron chi connectivity index (χ3n) is 2.15. The Morgan fingerprint density at radius 3 is 2.94 bits per heavy atom. The van der Waals surface area contributed by atoms with E-state index in [-0.39, 0.29) is 23.6 Å². The number of nitrogens with two attached hydrogens (primary N) is 1. The van der Waals surface area contributed by atoms with E-state index in [1.54, 1.807) is 7.05 Å². The summed E-state index contributed by atoms with van der Waals surface area (Å²) in [5, 5.41) is 8.39. The number of nitrogen functional groups attached to an aromatic ring is 1. The first-order valence-corrected chi connectivity index (χ1v) is 4.73.